The molecule has 1 aromatic heterocycles. The van der Waals surface area contributed by atoms with Crippen LogP contribution in [0.5, 0.6) is 0 Å². The molecule has 0 saturated carbocycles. The SMILES string of the molecule is CC(C)(C)OC(=O)C=CCON=C(C(=O)NC1C(=O)N2C(C(=O)O)=CCS[C@H]12)c1nc(NC=O)sc1Cl. The van der Waals surface area contributed by atoms with E-state index in [0.717, 1.165) is 22.3 Å². The van der Waals surface area contributed by atoms with Gasteiger partial charge in [-0.3, -0.25) is 19.3 Å². The fourth-order valence-corrected chi connectivity index (χ4v) is 5.32. The molecule has 3 N–H and O–H groups in total. The quantitative estimate of drug-likeness (QED) is 0.0706. The summed E-state index contributed by atoms with van der Waals surface area (Å²) in [5.41, 5.74) is -1.34. The number of carbonyl (C=O) groups excluding carboxylic acids is 4. The monoisotopic (exact) mass is 571 g/mol. The molecule has 0 aliphatic carbocycles. The number of hydrogen-bond donors (Lipinski definition) is 3. The van der Waals surface area contributed by atoms with Gasteiger partial charge in [-0.05, 0) is 32.9 Å². The summed E-state index contributed by atoms with van der Waals surface area (Å²) >= 11 is 8.34. The van der Waals surface area contributed by atoms with E-state index >= 15 is 0 Å². The molecule has 13 nitrogen and oxygen atoms in total. The maximum atomic E-state index is 13.1. The molecule has 37 heavy (non-hydrogen) atoms. The molecule has 2 aliphatic heterocycles. The van der Waals surface area contributed by atoms with E-state index in [1.54, 1.807) is 20.8 Å². The van der Waals surface area contributed by atoms with Crippen molar-refractivity contribution in [3.05, 3.63) is 34.0 Å². The fraction of sp³-hybridized carbons (Fsp3) is 0.381. The topological polar surface area (TPSA) is 177 Å². The molecule has 3 amide bonds. The molecule has 1 unspecified atom stereocenters. The lowest BCUT2D eigenvalue weighted by molar-refractivity contribution is -0.150. The van der Waals surface area contributed by atoms with Gasteiger partial charge in [-0.15, -0.1) is 11.8 Å². The highest BCUT2D eigenvalue weighted by atomic mass is 35.5. The van der Waals surface area contributed by atoms with E-state index in [1.165, 1.54) is 23.9 Å². The Hall–Kier alpha value is -3.43. The molecule has 1 aromatic rings. The van der Waals surface area contributed by atoms with Gasteiger partial charge in [0.2, 0.25) is 6.41 Å². The number of anilines is 1. The van der Waals surface area contributed by atoms with Crippen molar-refractivity contribution in [1.29, 1.82) is 0 Å². The minimum Gasteiger partial charge on any atom is -0.477 e. The van der Waals surface area contributed by atoms with Crippen molar-refractivity contribution in [2.45, 2.75) is 37.8 Å². The lowest BCUT2D eigenvalue weighted by Gasteiger charge is -2.48. The lowest BCUT2D eigenvalue weighted by atomic mass is 10.0. The van der Waals surface area contributed by atoms with Crippen LogP contribution in [0.1, 0.15) is 26.5 Å². The lowest BCUT2D eigenvalue weighted by Crippen LogP contribution is -2.70. The number of aromatic nitrogens is 1. The maximum Gasteiger partial charge on any atom is 0.352 e. The van der Waals surface area contributed by atoms with Crippen LogP contribution in [0.15, 0.2) is 29.1 Å². The van der Waals surface area contributed by atoms with Crippen LogP contribution < -0.4 is 10.6 Å². The summed E-state index contributed by atoms with van der Waals surface area (Å²) < 4.78 is 5.14. The summed E-state index contributed by atoms with van der Waals surface area (Å²) in [7, 11) is 0. The number of aliphatic carboxylic acids is 1. The second-order valence-electron chi connectivity index (χ2n) is 8.35. The highest BCUT2D eigenvalue weighted by molar-refractivity contribution is 8.00. The number of esters is 1. The summed E-state index contributed by atoms with van der Waals surface area (Å²) in [6.07, 6.45) is 4.25. The van der Waals surface area contributed by atoms with Crippen molar-refractivity contribution in [3.8, 4) is 0 Å². The largest absolute Gasteiger partial charge is 0.477 e. The zero-order chi connectivity index (χ0) is 27.3. The van der Waals surface area contributed by atoms with Gasteiger partial charge in [0.05, 0.1) is 0 Å². The number of oxime groups is 1. The molecule has 2 aliphatic rings. The Morgan fingerprint density at radius 1 is 1.38 bits per heavy atom. The number of carbonyl (C=O) groups is 5. The van der Waals surface area contributed by atoms with Gasteiger partial charge in [0.15, 0.2) is 10.8 Å². The zero-order valence-corrected chi connectivity index (χ0v) is 22.1. The molecular weight excluding hydrogens is 550 g/mol. The first-order valence-electron chi connectivity index (χ1n) is 10.6. The Kier molecular flexibility index (Phi) is 8.94. The number of carboxylic acid groups (broad SMARTS) is 1. The first kappa shape index (κ1) is 28.1. The van der Waals surface area contributed by atoms with Crippen molar-refractivity contribution < 1.29 is 38.7 Å². The summed E-state index contributed by atoms with van der Waals surface area (Å²) in [5.74, 6) is -2.98. The number of nitrogens with zero attached hydrogens (tertiary/aromatic N) is 3. The number of thiazole rings is 1. The van der Waals surface area contributed by atoms with Gasteiger partial charge < -0.3 is 25.3 Å². The first-order chi connectivity index (χ1) is 17.4. The number of carboxylic acids is 1. The number of thioether (sulfide) groups is 1. The zero-order valence-electron chi connectivity index (χ0n) is 19.7. The Balaban J connectivity index is 1.76. The molecule has 0 aromatic carbocycles. The molecule has 3 rings (SSSR count). The number of amides is 3. The number of hydrogen-bond acceptors (Lipinski definition) is 11. The standard InChI is InChI=1S/C21H22ClN5O8S2/c1-21(2,3)35-11(29)5-4-7-34-26-13(12-15(22)37-20(25-12)23-9-28)16(30)24-14-17(31)27-10(19(32)33)6-8-36-18(14)27/h4-6,9,14,18H,7-8H2,1-3H3,(H,24,30)(H,32,33)(H,23,25,28)/t14?,18-/m1/s1. The minimum atomic E-state index is -1.25. The molecule has 1 saturated heterocycles. The van der Waals surface area contributed by atoms with Gasteiger partial charge in [-0.25, -0.2) is 14.6 Å². The molecule has 2 atom stereocenters. The summed E-state index contributed by atoms with van der Waals surface area (Å²) in [4.78, 5) is 70.0. The average Bonchev–Trinajstić information content (AvgIpc) is 3.17. The maximum absolute atomic E-state index is 13.1. The van der Waals surface area contributed by atoms with Gasteiger partial charge in [-0.1, -0.05) is 28.1 Å². The number of ether oxygens (including phenoxy) is 1. The van der Waals surface area contributed by atoms with E-state index in [9.17, 15) is 29.1 Å². The van der Waals surface area contributed by atoms with Crippen LogP contribution in [0.2, 0.25) is 4.34 Å². The molecule has 1 fully saturated rings. The van der Waals surface area contributed by atoms with Crippen LogP contribution in [0.4, 0.5) is 5.13 Å². The average molecular weight is 572 g/mol. The van der Waals surface area contributed by atoms with Crippen LogP contribution in [0.3, 0.4) is 0 Å². The van der Waals surface area contributed by atoms with Gasteiger partial charge in [0, 0.05) is 11.8 Å². The van der Waals surface area contributed by atoms with Gasteiger partial charge in [0.1, 0.15) is 39.4 Å². The Morgan fingerprint density at radius 2 is 2.11 bits per heavy atom. The van der Waals surface area contributed by atoms with E-state index in [0.29, 0.717) is 12.2 Å². The van der Waals surface area contributed by atoms with Crippen LogP contribution in [0.25, 0.3) is 0 Å². The van der Waals surface area contributed by atoms with Crippen molar-refractivity contribution in [2.75, 3.05) is 17.7 Å². The molecule has 198 valence electrons. The highest BCUT2D eigenvalue weighted by Crippen LogP contribution is 2.37. The molecule has 3 heterocycles. The highest BCUT2D eigenvalue weighted by Gasteiger charge is 2.53. The minimum absolute atomic E-state index is 0.0100. The molecule has 16 heteroatoms. The van der Waals surface area contributed by atoms with Crippen LogP contribution >= 0.6 is 34.7 Å². The van der Waals surface area contributed by atoms with E-state index in [2.05, 4.69) is 20.8 Å². The summed E-state index contributed by atoms with van der Waals surface area (Å²) in [6, 6.07) is -1.03. The predicted molar refractivity (Wildman–Crippen MR) is 135 cm³/mol. The van der Waals surface area contributed by atoms with E-state index in [4.69, 9.17) is 21.2 Å². The van der Waals surface area contributed by atoms with Crippen molar-refractivity contribution >= 4 is 75.7 Å². The Labute approximate surface area is 223 Å². The number of halogens is 1. The predicted octanol–water partition coefficient (Wildman–Crippen LogP) is 1.35. The number of β-lactam (4-membered cyclic amide) rings is 1. The third kappa shape index (κ3) is 6.87. The second kappa shape index (κ2) is 11.7. The van der Waals surface area contributed by atoms with Gasteiger partial charge in [-0.2, -0.15) is 0 Å². The third-order valence-electron chi connectivity index (χ3n) is 4.55. The fourth-order valence-electron chi connectivity index (χ4n) is 3.12. The number of rotatable bonds is 10. The van der Waals surface area contributed by atoms with Crippen LogP contribution in [-0.2, 0) is 33.5 Å². The summed E-state index contributed by atoms with van der Waals surface area (Å²) in [6.45, 7) is 4.92. The molecule has 0 spiro atoms. The summed E-state index contributed by atoms with van der Waals surface area (Å²) in [5, 5.41) is 17.4. The first-order valence-corrected chi connectivity index (χ1v) is 12.8. The van der Waals surface area contributed by atoms with Crippen LogP contribution in [-0.4, -0.2) is 80.2 Å². The number of fused-ring (bicyclic) bond motifs is 1. The smallest absolute Gasteiger partial charge is 0.352 e. The molecular formula is C21H22ClN5O8S2. The van der Waals surface area contributed by atoms with Gasteiger partial charge in [0.25, 0.3) is 11.8 Å². The normalized spacial score (nSPS) is 19.5. The van der Waals surface area contributed by atoms with Crippen molar-refractivity contribution in [2.24, 2.45) is 5.16 Å². The van der Waals surface area contributed by atoms with E-state index < -0.39 is 46.5 Å². The van der Waals surface area contributed by atoms with E-state index in [-0.39, 0.29) is 27.5 Å². The Bertz CT molecular complexity index is 1210. The van der Waals surface area contributed by atoms with Crippen molar-refractivity contribution in [3.63, 3.8) is 0 Å². The van der Waals surface area contributed by atoms with E-state index in [1.807, 2.05) is 0 Å². The molecule has 0 radical (unpaired) electrons. The third-order valence-corrected chi connectivity index (χ3v) is 6.92. The molecule has 0 bridgehead atoms. The van der Waals surface area contributed by atoms with Gasteiger partial charge >= 0.3 is 11.9 Å². The Morgan fingerprint density at radius 3 is 2.76 bits per heavy atom. The second-order valence-corrected chi connectivity index (χ2v) is 11.1. The number of nitrogens with one attached hydrogen (secondary N) is 2. The van der Waals surface area contributed by atoms with Crippen molar-refractivity contribution in [1.82, 2.24) is 15.2 Å². The van der Waals surface area contributed by atoms with Crippen LogP contribution in [0, 0.1) is 0 Å².